The molecule has 0 atom stereocenters. The van der Waals surface area contributed by atoms with Crippen LogP contribution in [0.5, 0.6) is 0 Å². The smallest absolute Gasteiger partial charge is 0.254 e. The van der Waals surface area contributed by atoms with Gasteiger partial charge in [-0.1, -0.05) is 6.07 Å². The average Bonchev–Trinajstić information content (AvgIpc) is 2.41. The molecule has 0 fully saturated rings. The first-order valence-corrected chi connectivity index (χ1v) is 6.44. The number of fused-ring (bicyclic) bond motifs is 1. The Labute approximate surface area is 113 Å². The topological polar surface area (TPSA) is 66.6 Å². The van der Waals surface area contributed by atoms with Crippen LogP contribution in [0.25, 0.3) is 0 Å². The summed E-state index contributed by atoms with van der Waals surface area (Å²) in [5.74, 6) is -0.144. The van der Waals surface area contributed by atoms with E-state index in [1.165, 1.54) is 0 Å². The normalized spacial score (nSPS) is 14.2. The summed E-state index contributed by atoms with van der Waals surface area (Å²) >= 11 is 0. The zero-order chi connectivity index (χ0) is 14.0. The number of amides is 2. The number of benzene rings is 1. The van der Waals surface area contributed by atoms with Crippen LogP contribution in [0, 0.1) is 0 Å². The molecule has 2 rings (SSSR count). The Hall–Kier alpha value is -2.04. The molecule has 2 amide bonds. The number of hydrogen-bond acceptors (Lipinski definition) is 3. The molecular formula is C14H19N3O2. The van der Waals surface area contributed by atoms with Crippen LogP contribution in [0.3, 0.4) is 0 Å². The number of likely N-dealkylation sites (N-methyl/N-ethyl adjacent to an activating group) is 1. The Morgan fingerprint density at radius 1 is 1.47 bits per heavy atom. The zero-order valence-corrected chi connectivity index (χ0v) is 11.3. The molecule has 0 bridgehead atoms. The van der Waals surface area contributed by atoms with Gasteiger partial charge in [0.1, 0.15) is 6.54 Å². The fraction of sp³-hybridized carbons (Fsp3) is 0.429. The van der Waals surface area contributed by atoms with Crippen molar-refractivity contribution in [3.8, 4) is 0 Å². The molecule has 0 saturated carbocycles. The second-order valence-corrected chi connectivity index (χ2v) is 4.80. The first kappa shape index (κ1) is 13.4. The molecular weight excluding hydrogens is 242 g/mol. The Bertz CT molecular complexity index is 513. The van der Waals surface area contributed by atoms with Gasteiger partial charge in [0.2, 0.25) is 5.91 Å². The highest BCUT2D eigenvalue weighted by atomic mass is 16.2. The van der Waals surface area contributed by atoms with Crippen molar-refractivity contribution in [3.05, 3.63) is 29.3 Å². The molecule has 0 radical (unpaired) electrons. The van der Waals surface area contributed by atoms with E-state index >= 15 is 0 Å². The fourth-order valence-electron chi connectivity index (χ4n) is 2.15. The predicted octanol–water partition coefficient (Wildman–Crippen LogP) is 0.745. The summed E-state index contributed by atoms with van der Waals surface area (Å²) in [6.07, 6.45) is 0.768. The van der Waals surface area contributed by atoms with Gasteiger partial charge in [-0.25, -0.2) is 0 Å². The van der Waals surface area contributed by atoms with Crippen molar-refractivity contribution < 1.29 is 9.59 Å². The third kappa shape index (κ3) is 2.70. The van der Waals surface area contributed by atoms with Gasteiger partial charge in [0, 0.05) is 31.4 Å². The van der Waals surface area contributed by atoms with E-state index in [1.807, 2.05) is 13.0 Å². The maximum atomic E-state index is 12.3. The monoisotopic (exact) mass is 261 g/mol. The van der Waals surface area contributed by atoms with Crippen LogP contribution >= 0.6 is 0 Å². The van der Waals surface area contributed by atoms with Crippen LogP contribution in [-0.4, -0.2) is 48.3 Å². The molecule has 102 valence electrons. The number of hydrogen-bond donors (Lipinski definition) is 1. The lowest BCUT2D eigenvalue weighted by Crippen LogP contribution is -2.44. The zero-order valence-electron chi connectivity index (χ0n) is 11.3. The number of carbonyl (C=O) groups is 2. The number of nitrogens with zero attached hydrogens (tertiary/aromatic N) is 2. The Balaban J connectivity index is 2.15. The molecule has 0 spiro atoms. The van der Waals surface area contributed by atoms with Gasteiger partial charge in [-0.2, -0.15) is 0 Å². The average molecular weight is 261 g/mol. The molecule has 0 aromatic heterocycles. The molecule has 0 saturated heterocycles. The van der Waals surface area contributed by atoms with Crippen molar-refractivity contribution in [1.82, 2.24) is 9.80 Å². The predicted molar refractivity (Wildman–Crippen MR) is 73.8 cm³/mol. The number of rotatable bonds is 3. The molecule has 1 aliphatic heterocycles. The summed E-state index contributed by atoms with van der Waals surface area (Å²) in [6, 6.07) is 5.38. The summed E-state index contributed by atoms with van der Waals surface area (Å²) in [7, 11) is 1.74. The highest BCUT2D eigenvalue weighted by molar-refractivity contribution is 5.99. The van der Waals surface area contributed by atoms with E-state index in [4.69, 9.17) is 5.73 Å². The minimum absolute atomic E-state index is 0.0387. The summed E-state index contributed by atoms with van der Waals surface area (Å²) in [4.78, 5) is 27.4. The highest BCUT2D eigenvalue weighted by Gasteiger charge is 2.26. The van der Waals surface area contributed by atoms with Crippen molar-refractivity contribution >= 4 is 17.5 Å². The lowest BCUT2D eigenvalue weighted by atomic mass is 9.98. The lowest BCUT2D eigenvalue weighted by molar-refractivity contribution is -0.130. The van der Waals surface area contributed by atoms with E-state index in [1.54, 1.807) is 29.0 Å². The van der Waals surface area contributed by atoms with Gasteiger partial charge in [-0.15, -0.1) is 0 Å². The first-order chi connectivity index (χ1) is 9.02. The van der Waals surface area contributed by atoms with Crippen LogP contribution in [-0.2, 0) is 11.2 Å². The van der Waals surface area contributed by atoms with Gasteiger partial charge in [-0.05, 0) is 31.0 Å². The molecule has 1 heterocycles. The third-order valence-corrected chi connectivity index (χ3v) is 3.53. The van der Waals surface area contributed by atoms with Crippen LogP contribution < -0.4 is 5.73 Å². The van der Waals surface area contributed by atoms with Crippen LogP contribution in [0.2, 0.25) is 0 Å². The van der Waals surface area contributed by atoms with Crippen LogP contribution in [0.1, 0.15) is 22.8 Å². The van der Waals surface area contributed by atoms with Gasteiger partial charge >= 0.3 is 0 Å². The summed E-state index contributed by atoms with van der Waals surface area (Å²) in [5.41, 5.74) is 7.92. The van der Waals surface area contributed by atoms with E-state index in [2.05, 4.69) is 0 Å². The largest absolute Gasteiger partial charge is 0.399 e. The first-order valence-electron chi connectivity index (χ1n) is 6.44. The summed E-state index contributed by atoms with van der Waals surface area (Å²) in [5, 5.41) is 0. The molecule has 19 heavy (non-hydrogen) atoms. The second-order valence-electron chi connectivity index (χ2n) is 4.80. The van der Waals surface area contributed by atoms with Crippen molar-refractivity contribution in [1.29, 1.82) is 0 Å². The van der Waals surface area contributed by atoms with Gasteiger partial charge < -0.3 is 15.5 Å². The second kappa shape index (κ2) is 5.30. The molecule has 1 aromatic carbocycles. The van der Waals surface area contributed by atoms with E-state index in [0.29, 0.717) is 24.3 Å². The molecule has 2 N–H and O–H groups in total. The third-order valence-electron chi connectivity index (χ3n) is 3.53. The number of anilines is 1. The Morgan fingerprint density at radius 2 is 2.21 bits per heavy atom. The molecule has 0 aliphatic carbocycles. The van der Waals surface area contributed by atoms with Crippen molar-refractivity contribution in [2.24, 2.45) is 0 Å². The minimum Gasteiger partial charge on any atom is -0.399 e. The number of carbonyl (C=O) groups excluding carboxylic acids is 2. The van der Waals surface area contributed by atoms with E-state index in [0.717, 1.165) is 12.0 Å². The minimum atomic E-state index is -0.105. The lowest BCUT2D eigenvalue weighted by Gasteiger charge is -2.29. The highest BCUT2D eigenvalue weighted by Crippen LogP contribution is 2.21. The van der Waals surface area contributed by atoms with Gasteiger partial charge in [0.05, 0.1) is 0 Å². The van der Waals surface area contributed by atoms with Crippen molar-refractivity contribution in [2.75, 3.05) is 32.4 Å². The molecule has 1 aliphatic rings. The van der Waals surface area contributed by atoms with Gasteiger partial charge in [-0.3, -0.25) is 9.59 Å². The molecule has 0 unspecified atom stereocenters. The Kier molecular flexibility index (Phi) is 3.74. The van der Waals surface area contributed by atoms with Crippen LogP contribution in [0.15, 0.2) is 18.2 Å². The quantitative estimate of drug-likeness (QED) is 0.816. The maximum Gasteiger partial charge on any atom is 0.254 e. The fourth-order valence-corrected chi connectivity index (χ4v) is 2.15. The van der Waals surface area contributed by atoms with Gasteiger partial charge in [0.25, 0.3) is 5.91 Å². The Morgan fingerprint density at radius 3 is 2.89 bits per heavy atom. The molecule has 5 heteroatoms. The standard InChI is InChI=1S/C14H19N3O2/c1-3-16(2)13(18)9-17-7-6-10-4-5-11(15)8-12(10)14(17)19/h4-5,8H,3,6-7,9,15H2,1-2H3. The SMILES string of the molecule is CCN(C)C(=O)CN1CCc2ccc(N)cc2C1=O. The summed E-state index contributed by atoms with van der Waals surface area (Å²) in [6.45, 7) is 3.27. The maximum absolute atomic E-state index is 12.3. The van der Waals surface area contributed by atoms with Crippen LogP contribution in [0.4, 0.5) is 5.69 Å². The molecule has 5 nitrogen and oxygen atoms in total. The molecule has 1 aromatic rings. The van der Waals surface area contributed by atoms with E-state index < -0.39 is 0 Å². The van der Waals surface area contributed by atoms with Crippen molar-refractivity contribution in [2.45, 2.75) is 13.3 Å². The van der Waals surface area contributed by atoms with E-state index in [-0.39, 0.29) is 18.4 Å². The number of nitrogen functional groups attached to an aromatic ring is 1. The van der Waals surface area contributed by atoms with E-state index in [9.17, 15) is 9.59 Å². The number of nitrogens with two attached hydrogens (primary N) is 1. The van der Waals surface area contributed by atoms with Gasteiger partial charge in [0.15, 0.2) is 0 Å². The summed E-state index contributed by atoms with van der Waals surface area (Å²) < 4.78 is 0. The van der Waals surface area contributed by atoms with Crippen molar-refractivity contribution in [3.63, 3.8) is 0 Å².